The molecule has 3 heteroatoms. The zero-order valence-electron chi connectivity index (χ0n) is 12.6. The number of benzene rings is 1. The van der Waals surface area contributed by atoms with Crippen LogP contribution in [0, 0.1) is 27.7 Å². The lowest BCUT2D eigenvalue weighted by Crippen LogP contribution is -2.30. The van der Waals surface area contributed by atoms with Gasteiger partial charge in [-0.1, -0.05) is 11.6 Å². The van der Waals surface area contributed by atoms with Gasteiger partial charge in [0.15, 0.2) is 6.20 Å². The van der Waals surface area contributed by atoms with Crippen LogP contribution in [0.4, 0.5) is 0 Å². The fraction of sp³-hybridized carbons (Fsp3) is 0.294. The summed E-state index contributed by atoms with van der Waals surface area (Å²) in [6, 6.07) is 6.63. The van der Waals surface area contributed by atoms with Crippen LogP contribution in [0.5, 0.6) is 0 Å². The van der Waals surface area contributed by atoms with Crippen LogP contribution in [-0.2, 0) is 7.05 Å². The maximum Gasteiger partial charge on any atom is 0.232 e. The van der Waals surface area contributed by atoms with E-state index >= 15 is 0 Å². The van der Waals surface area contributed by atoms with Gasteiger partial charge < -0.3 is 0 Å². The standard InChI is InChI=1S/C17H19N2S/c1-10-8-11(2)12(3)14(9-10)16-17-15(6-7-19(16)5)18-13(4)20-17/h6-9H,1-5H3/q+1. The molecule has 0 unspecified atom stereocenters. The first-order chi connectivity index (χ1) is 9.47. The van der Waals surface area contributed by atoms with Gasteiger partial charge in [-0.05, 0) is 44.9 Å². The maximum atomic E-state index is 4.62. The van der Waals surface area contributed by atoms with Crippen LogP contribution in [0.15, 0.2) is 24.4 Å². The van der Waals surface area contributed by atoms with Crippen LogP contribution in [0.2, 0.25) is 0 Å². The monoisotopic (exact) mass is 283 g/mol. The van der Waals surface area contributed by atoms with Crippen LogP contribution >= 0.6 is 11.3 Å². The highest BCUT2D eigenvalue weighted by atomic mass is 32.1. The van der Waals surface area contributed by atoms with Gasteiger partial charge in [0.1, 0.15) is 11.7 Å². The highest BCUT2D eigenvalue weighted by Crippen LogP contribution is 2.33. The van der Waals surface area contributed by atoms with Crippen molar-refractivity contribution in [2.45, 2.75) is 27.7 Å². The average molecular weight is 283 g/mol. The van der Waals surface area contributed by atoms with Crippen LogP contribution in [0.3, 0.4) is 0 Å². The summed E-state index contributed by atoms with van der Waals surface area (Å²) in [7, 11) is 2.11. The van der Waals surface area contributed by atoms with E-state index in [9.17, 15) is 0 Å². The molecule has 1 aromatic carbocycles. The number of fused-ring (bicyclic) bond motifs is 1. The van der Waals surface area contributed by atoms with Crippen LogP contribution < -0.4 is 4.57 Å². The molecule has 0 saturated carbocycles. The van der Waals surface area contributed by atoms with Crippen molar-refractivity contribution in [3.8, 4) is 11.3 Å². The number of hydrogen-bond donors (Lipinski definition) is 0. The van der Waals surface area contributed by atoms with Gasteiger partial charge in [0.05, 0.1) is 16.1 Å². The summed E-state index contributed by atoms with van der Waals surface area (Å²) in [4.78, 5) is 4.62. The molecule has 2 aromatic heterocycles. The Morgan fingerprint density at radius 1 is 1.10 bits per heavy atom. The molecule has 0 aliphatic heterocycles. The van der Waals surface area contributed by atoms with Crippen molar-refractivity contribution in [1.29, 1.82) is 0 Å². The average Bonchev–Trinajstić information content (AvgIpc) is 2.74. The minimum absolute atomic E-state index is 1.10. The summed E-state index contributed by atoms with van der Waals surface area (Å²) < 4.78 is 3.49. The number of aromatic nitrogens is 2. The predicted molar refractivity (Wildman–Crippen MR) is 85.2 cm³/mol. The molecule has 0 aliphatic carbocycles. The number of rotatable bonds is 1. The molecular formula is C17H19N2S+. The normalized spacial score (nSPS) is 11.2. The van der Waals surface area contributed by atoms with Crippen molar-refractivity contribution in [2.75, 3.05) is 0 Å². The highest BCUT2D eigenvalue weighted by Gasteiger charge is 2.20. The second kappa shape index (κ2) is 4.67. The molecule has 102 valence electrons. The lowest BCUT2D eigenvalue weighted by Gasteiger charge is -2.09. The van der Waals surface area contributed by atoms with Crippen LogP contribution in [0.25, 0.3) is 21.5 Å². The van der Waals surface area contributed by atoms with Gasteiger partial charge in [-0.2, -0.15) is 4.57 Å². The summed E-state index contributed by atoms with van der Waals surface area (Å²) >= 11 is 1.78. The molecule has 20 heavy (non-hydrogen) atoms. The van der Waals surface area contributed by atoms with Crippen LogP contribution in [-0.4, -0.2) is 4.98 Å². The fourth-order valence-corrected chi connectivity index (χ4v) is 3.75. The Kier molecular flexibility index (Phi) is 3.09. The van der Waals surface area contributed by atoms with Gasteiger partial charge in [0.25, 0.3) is 0 Å². The van der Waals surface area contributed by atoms with Crippen molar-refractivity contribution >= 4 is 21.6 Å². The van der Waals surface area contributed by atoms with E-state index in [1.807, 2.05) is 0 Å². The number of hydrogen-bond acceptors (Lipinski definition) is 2. The summed E-state index contributed by atoms with van der Waals surface area (Å²) in [5, 5.41) is 1.12. The molecule has 3 aromatic rings. The molecule has 0 saturated heterocycles. The molecule has 0 atom stereocenters. The van der Waals surface area contributed by atoms with Gasteiger partial charge in [-0.3, -0.25) is 0 Å². The van der Waals surface area contributed by atoms with E-state index < -0.39 is 0 Å². The molecule has 0 radical (unpaired) electrons. The van der Waals surface area contributed by atoms with Gasteiger partial charge in [-0.15, -0.1) is 11.3 Å². The Balaban J connectivity index is 2.42. The van der Waals surface area contributed by atoms with Crippen LogP contribution in [0.1, 0.15) is 21.7 Å². The quantitative estimate of drug-likeness (QED) is 0.616. The second-order valence-electron chi connectivity index (χ2n) is 5.48. The Labute approximate surface area is 123 Å². The molecule has 0 aliphatic rings. The van der Waals surface area contributed by atoms with E-state index in [-0.39, 0.29) is 0 Å². The van der Waals surface area contributed by atoms with E-state index in [4.69, 9.17) is 0 Å². The third kappa shape index (κ3) is 2.02. The highest BCUT2D eigenvalue weighted by molar-refractivity contribution is 7.19. The largest absolute Gasteiger partial charge is 0.241 e. The SMILES string of the molecule is Cc1cc(C)c(C)c(-c2c3sc(C)nc3cc[n+]2C)c1. The molecular weight excluding hydrogens is 264 g/mol. The number of aryl methyl sites for hydroxylation is 4. The first kappa shape index (κ1) is 13.3. The number of pyridine rings is 1. The Bertz CT molecular complexity index is 815. The van der Waals surface area contributed by atoms with E-state index in [1.165, 1.54) is 32.6 Å². The molecule has 3 rings (SSSR count). The molecule has 2 nitrogen and oxygen atoms in total. The second-order valence-corrected chi connectivity index (χ2v) is 6.68. The van der Waals surface area contributed by atoms with E-state index in [2.05, 4.69) is 68.7 Å². The van der Waals surface area contributed by atoms with Crippen molar-refractivity contribution < 1.29 is 4.57 Å². The zero-order chi connectivity index (χ0) is 14.4. The van der Waals surface area contributed by atoms with Crippen molar-refractivity contribution in [3.63, 3.8) is 0 Å². The molecule has 0 amide bonds. The van der Waals surface area contributed by atoms with Crippen molar-refractivity contribution in [3.05, 3.63) is 46.1 Å². The fourth-order valence-electron chi connectivity index (χ4n) is 2.74. The molecule has 2 heterocycles. The summed E-state index contributed by atoms with van der Waals surface area (Å²) in [6.07, 6.45) is 2.11. The number of nitrogens with zero attached hydrogens (tertiary/aromatic N) is 2. The minimum atomic E-state index is 1.10. The molecule has 0 fully saturated rings. The Morgan fingerprint density at radius 2 is 1.85 bits per heavy atom. The topological polar surface area (TPSA) is 16.8 Å². The van der Waals surface area contributed by atoms with Gasteiger partial charge in [-0.25, -0.2) is 4.98 Å². The first-order valence-electron chi connectivity index (χ1n) is 6.81. The van der Waals surface area contributed by atoms with E-state index in [1.54, 1.807) is 11.3 Å². The lowest BCUT2D eigenvalue weighted by molar-refractivity contribution is -0.659. The summed E-state index contributed by atoms with van der Waals surface area (Å²) in [5.74, 6) is 0. The minimum Gasteiger partial charge on any atom is -0.241 e. The van der Waals surface area contributed by atoms with Gasteiger partial charge in [0.2, 0.25) is 5.69 Å². The summed E-state index contributed by atoms with van der Waals surface area (Å²) in [5.41, 5.74) is 7.69. The van der Waals surface area contributed by atoms with Crippen molar-refractivity contribution in [2.24, 2.45) is 7.05 Å². The maximum absolute atomic E-state index is 4.62. The van der Waals surface area contributed by atoms with E-state index in [0.717, 1.165) is 10.5 Å². The number of thiazole rings is 1. The molecule has 0 spiro atoms. The lowest BCUT2D eigenvalue weighted by atomic mass is 9.97. The molecule has 0 bridgehead atoms. The van der Waals surface area contributed by atoms with Gasteiger partial charge in [0, 0.05) is 6.07 Å². The van der Waals surface area contributed by atoms with Crippen molar-refractivity contribution in [1.82, 2.24) is 4.98 Å². The Morgan fingerprint density at radius 3 is 2.60 bits per heavy atom. The zero-order valence-corrected chi connectivity index (χ0v) is 13.4. The Hall–Kier alpha value is -1.74. The predicted octanol–water partition coefficient (Wildman–Crippen LogP) is 4.02. The third-order valence-corrected chi connectivity index (χ3v) is 4.84. The van der Waals surface area contributed by atoms with Gasteiger partial charge >= 0.3 is 0 Å². The smallest absolute Gasteiger partial charge is 0.232 e. The first-order valence-corrected chi connectivity index (χ1v) is 7.63. The molecule has 0 N–H and O–H groups in total. The third-order valence-electron chi connectivity index (χ3n) is 3.85. The van der Waals surface area contributed by atoms with E-state index in [0.29, 0.717) is 0 Å². The summed E-state index contributed by atoms with van der Waals surface area (Å²) in [6.45, 7) is 8.62.